The first-order valence-corrected chi connectivity index (χ1v) is 7.46. The summed E-state index contributed by atoms with van der Waals surface area (Å²) in [6.07, 6.45) is 2.88. The molecule has 0 aliphatic rings. The number of hydrogen-bond acceptors (Lipinski definition) is 6. The fraction of sp³-hybridized carbons (Fsp3) is 0.467. The van der Waals surface area contributed by atoms with Crippen LogP contribution in [0.4, 0.5) is 0 Å². The van der Waals surface area contributed by atoms with Crippen molar-refractivity contribution in [1.29, 1.82) is 0 Å². The molecule has 124 valence electrons. The van der Waals surface area contributed by atoms with E-state index in [-0.39, 0.29) is 19.7 Å². The third-order valence-electron chi connectivity index (χ3n) is 3.90. The highest BCUT2D eigenvalue weighted by Gasteiger charge is 2.45. The third kappa shape index (κ3) is 4.27. The molecule has 0 aliphatic heterocycles. The second-order valence-electron chi connectivity index (χ2n) is 6.04. The Labute approximate surface area is 139 Å². The lowest BCUT2D eigenvalue weighted by Crippen LogP contribution is -2.54. The number of aromatic nitrogens is 3. The molecule has 7 nitrogen and oxygen atoms in total. The van der Waals surface area contributed by atoms with E-state index in [0.29, 0.717) is 10.8 Å². The molecule has 0 radical (unpaired) electrons. The largest absolute Gasteiger partial charge is 0.490 e. The Balaban J connectivity index is 2.18. The molecule has 0 aliphatic carbocycles. The number of ether oxygens (including phenoxy) is 1. The van der Waals surface area contributed by atoms with Gasteiger partial charge < -0.3 is 9.84 Å². The van der Waals surface area contributed by atoms with Gasteiger partial charge in [0.15, 0.2) is 0 Å². The summed E-state index contributed by atoms with van der Waals surface area (Å²) in [4.78, 5) is 14.6. The van der Waals surface area contributed by atoms with Crippen molar-refractivity contribution in [3.8, 4) is 5.75 Å². The summed E-state index contributed by atoms with van der Waals surface area (Å²) >= 11 is 5.84. The monoisotopic (exact) mass is 338 g/mol. The van der Waals surface area contributed by atoms with Crippen LogP contribution in [0.15, 0.2) is 42.1 Å². The van der Waals surface area contributed by atoms with Crippen molar-refractivity contribution in [2.45, 2.75) is 26.0 Å². The fourth-order valence-electron chi connectivity index (χ4n) is 2.08. The first-order chi connectivity index (χ1) is 10.9. The van der Waals surface area contributed by atoms with Gasteiger partial charge in [-0.25, -0.2) is 9.67 Å². The molecule has 2 rings (SSSR count). The van der Waals surface area contributed by atoms with Crippen molar-refractivity contribution in [2.75, 3.05) is 13.2 Å². The number of halogens is 1. The molecule has 2 aromatic rings. The minimum Gasteiger partial charge on any atom is -0.490 e. The molecule has 0 fully saturated rings. The maximum Gasteiger partial charge on any atom is 0.137 e. The Hall–Kier alpha value is -1.99. The molecule has 1 heterocycles. The van der Waals surface area contributed by atoms with Crippen molar-refractivity contribution < 1.29 is 9.84 Å². The Morgan fingerprint density at radius 2 is 2.04 bits per heavy atom. The van der Waals surface area contributed by atoms with E-state index in [2.05, 4.69) is 15.3 Å². The molecule has 0 spiro atoms. The average molecular weight is 339 g/mol. The maximum absolute atomic E-state index is 11.1. The molecule has 1 N–H and O–H groups in total. The normalized spacial score (nSPS) is 14.3. The summed E-state index contributed by atoms with van der Waals surface area (Å²) in [5.41, 5.74) is -2.18. The summed E-state index contributed by atoms with van der Waals surface area (Å²) in [6.45, 7) is 3.56. The third-order valence-corrected chi connectivity index (χ3v) is 4.15. The van der Waals surface area contributed by atoms with E-state index in [4.69, 9.17) is 16.3 Å². The second kappa shape index (κ2) is 7.06. The van der Waals surface area contributed by atoms with Crippen molar-refractivity contribution in [3.05, 3.63) is 46.8 Å². The van der Waals surface area contributed by atoms with Gasteiger partial charge >= 0.3 is 0 Å². The van der Waals surface area contributed by atoms with Gasteiger partial charge in [-0.3, -0.25) is 0 Å². The molecular weight excluding hydrogens is 320 g/mol. The lowest BCUT2D eigenvalue weighted by molar-refractivity contribution is -0.105. The number of aliphatic hydroxyl groups is 1. The molecule has 1 unspecified atom stereocenters. The highest BCUT2D eigenvalue weighted by atomic mass is 35.5. The van der Waals surface area contributed by atoms with Crippen LogP contribution in [0, 0.1) is 10.3 Å². The zero-order valence-corrected chi connectivity index (χ0v) is 13.8. The maximum atomic E-state index is 11.1. The Morgan fingerprint density at radius 3 is 2.61 bits per heavy atom. The molecular formula is C15H19ClN4O3. The smallest absolute Gasteiger partial charge is 0.137 e. The molecule has 8 heteroatoms. The predicted molar refractivity (Wildman–Crippen MR) is 86.4 cm³/mol. The quantitative estimate of drug-likeness (QED) is 0.747. The molecule has 0 saturated carbocycles. The lowest BCUT2D eigenvalue weighted by Gasteiger charge is -2.40. The number of hydrogen-bond donors (Lipinski definition) is 1. The van der Waals surface area contributed by atoms with Crippen molar-refractivity contribution in [2.24, 2.45) is 10.6 Å². The van der Waals surface area contributed by atoms with Gasteiger partial charge in [-0.2, -0.15) is 10.0 Å². The molecule has 1 aromatic carbocycles. The molecule has 0 saturated heterocycles. The Morgan fingerprint density at radius 1 is 1.35 bits per heavy atom. The summed E-state index contributed by atoms with van der Waals surface area (Å²) in [5.74, 6) is 0.571. The summed E-state index contributed by atoms with van der Waals surface area (Å²) in [5, 5.41) is 18.7. The first kappa shape index (κ1) is 17.4. The summed E-state index contributed by atoms with van der Waals surface area (Å²) < 4.78 is 7.19. The van der Waals surface area contributed by atoms with Crippen LogP contribution in [0.2, 0.25) is 5.02 Å². The number of rotatable bonds is 8. The Bertz CT molecular complexity index is 631. The zero-order chi connectivity index (χ0) is 16.9. The average Bonchev–Trinajstić information content (AvgIpc) is 2.99. The van der Waals surface area contributed by atoms with Gasteiger partial charge in [-0.15, -0.1) is 0 Å². The van der Waals surface area contributed by atoms with Gasteiger partial charge in [0.05, 0.1) is 13.1 Å². The molecule has 1 aromatic heterocycles. The highest BCUT2D eigenvalue weighted by molar-refractivity contribution is 6.30. The van der Waals surface area contributed by atoms with Crippen LogP contribution >= 0.6 is 11.6 Å². The second-order valence-corrected chi connectivity index (χ2v) is 6.47. The van der Waals surface area contributed by atoms with Crippen LogP contribution in [-0.4, -0.2) is 38.6 Å². The van der Waals surface area contributed by atoms with Crippen LogP contribution < -0.4 is 4.74 Å². The molecule has 0 bridgehead atoms. The summed E-state index contributed by atoms with van der Waals surface area (Å²) in [7, 11) is 0. The minimum atomic E-state index is -1.37. The van der Waals surface area contributed by atoms with E-state index in [0.717, 1.165) is 0 Å². The van der Waals surface area contributed by atoms with Crippen molar-refractivity contribution in [3.63, 3.8) is 0 Å². The molecule has 0 amide bonds. The van der Waals surface area contributed by atoms with Gasteiger partial charge in [-0.05, 0) is 24.3 Å². The molecule has 1 atom stereocenters. The van der Waals surface area contributed by atoms with Crippen LogP contribution in [0.3, 0.4) is 0 Å². The predicted octanol–water partition coefficient (Wildman–Crippen LogP) is 2.53. The van der Waals surface area contributed by atoms with E-state index < -0.39 is 11.0 Å². The van der Waals surface area contributed by atoms with E-state index in [9.17, 15) is 10.0 Å². The van der Waals surface area contributed by atoms with Gasteiger partial charge in [0, 0.05) is 10.4 Å². The minimum absolute atomic E-state index is 0.0307. The van der Waals surface area contributed by atoms with Crippen LogP contribution in [0.1, 0.15) is 13.8 Å². The zero-order valence-electron chi connectivity index (χ0n) is 13.0. The van der Waals surface area contributed by atoms with E-state index in [1.54, 1.807) is 38.1 Å². The van der Waals surface area contributed by atoms with E-state index in [1.807, 2.05) is 0 Å². The van der Waals surface area contributed by atoms with Gasteiger partial charge in [0.1, 0.15) is 30.6 Å². The number of benzene rings is 1. The van der Waals surface area contributed by atoms with Crippen LogP contribution in [0.5, 0.6) is 5.75 Å². The topological polar surface area (TPSA) is 89.6 Å². The van der Waals surface area contributed by atoms with Gasteiger partial charge in [0.25, 0.3) is 0 Å². The van der Waals surface area contributed by atoms with Crippen molar-refractivity contribution in [1.82, 2.24) is 14.8 Å². The number of nitrogens with zero attached hydrogens (tertiary/aromatic N) is 4. The fourth-order valence-corrected chi connectivity index (χ4v) is 2.21. The summed E-state index contributed by atoms with van der Waals surface area (Å²) in [6, 6.07) is 6.82. The highest BCUT2D eigenvalue weighted by Crippen LogP contribution is 2.34. The number of nitroso groups, excluding NO2 is 1. The van der Waals surface area contributed by atoms with E-state index in [1.165, 1.54) is 17.3 Å². The Kier molecular flexibility index (Phi) is 5.33. The molecule has 23 heavy (non-hydrogen) atoms. The van der Waals surface area contributed by atoms with Crippen LogP contribution in [0.25, 0.3) is 0 Å². The van der Waals surface area contributed by atoms with Crippen LogP contribution in [-0.2, 0) is 6.54 Å². The van der Waals surface area contributed by atoms with E-state index >= 15 is 0 Å². The SMILES string of the molecule is CC(C)(CN=O)C(O)(COc1ccc(Cl)cc1)Cn1cncn1. The van der Waals surface area contributed by atoms with Crippen molar-refractivity contribution >= 4 is 11.6 Å². The first-order valence-electron chi connectivity index (χ1n) is 7.09. The standard InChI is InChI=1S/C15H19ClN4O3/c1-14(2,7-19-22)15(21,8-20-11-17-10-18-20)9-23-13-5-3-12(16)4-6-13/h3-6,10-11,21H,7-9H2,1-2H3. The van der Waals surface area contributed by atoms with Gasteiger partial charge in [-0.1, -0.05) is 30.6 Å². The van der Waals surface area contributed by atoms with Gasteiger partial charge in [0.2, 0.25) is 0 Å². The lowest BCUT2D eigenvalue weighted by atomic mass is 9.75.